The maximum absolute atomic E-state index is 10.8. The van der Waals surface area contributed by atoms with Gasteiger partial charge in [-0.25, -0.2) is 0 Å². The van der Waals surface area contributed by atoms with Crippen LogP contribution in [0.15, 0.2) is 53.7 Å². The molecule has 5 heteroatoms. The predicted octanol–water partition coefficient (Wildman–Crippen LogP) is 4.29. The molecule has 2 aromatic carbocycles. The topological polar surface area (TPSA) is 64.7 Å². The highest BCUT2D eigenvalue weighted by Crippen LogP contribution is 2.23. The molecule has 0 unspecified atom stereocenters. The number of oxime groups is 1. The van der Waals surface area contributed by atoms with Crippen molar-refractivity contribution < 1.29 is 9.76 Å². The molecule has 2 rings (SSSR count). The predicted molar refractivity (Wildman–Crippen MR) is 86.3 cm³/mol. The molecule has 0 bridgehead atoms. The van der Waals surface area contributed by atoms with Gasteiger partial charge in [-0.15, -0.1) is 0 Å². The van der Waals surface area contributed by atoms with Crippen molar-refractivity contribution in [2.75, 3.05) is 0 Å². The van der Waals surface area contributed by atoms with Gasteiger partial charge in [-0.05, 0) is 44.4 Å². The van der Waals surface area contributed by atoms with Gasteiger partial charge in [0.15, 0.2) is 5.75 Å². The van der Waals surface area contributed by atoms with E-state index in [4.69, 9.17) is 4.84 Å². The summed E-state index contributed by atoms with van der Waals surface area (Å²) in [6.07, 6.45) is 1.70. The van der Waals surface area contributed by atoms with E-state index in [1.165, 1.54) is 11.6 Å². The molecule has 0 aromatic heterocycles. The number of nitrogens with zero attached hydrogens (tertiary/aromatic N) is 2. The van der Waals surface area contributed by atoms with Crippen LogP contribution < -0.4 is 4.84 Å². The lowest BCUT2D eigenvalue weighted by Crippen LogP contribution is -1.98. The van der Waals surface area contributed by atoms with E-state index in [0.717, 1.165) is 18.6 Å². The molecule has 0 saturated carbocycles. The smallest absolute Gasteiger partial charge is 0.272 e. The van der Waals surface area contributed by atoms with Crippen LogP contribution in [-0.4, -0.2) is 10.6 Å². The third-order valence-corrected chi connectivity index (χ3v) is 3.29. The Labute approximate surface area is 129 Å². The normalized spacial score (nSPS) is 11.3. The summed E-state index contributed by atoms with van der Waals surface area (Å²) in [4.78, 5) is 15.7. The van der Waals surface area contributed by atoms with Gasteiger partial charge in [0, 0.05) is 11.6 Å². The van der Waals surface area contributed by atoms with Crippen LogP contribution in [0.4, 0.5) is 5.69 Å². The first kappa shape index (κ1) is 15.7. The molecular formula is C17H18N2O3. The number of nitro benzene ring substituents is 1. The Balaban J connectivity index is 1.93. The first-order valence-corrected chi connectivity index (χ1v) is 7.05. The molecule has 0 spiro atoms. The molecular weight excluding hydrogens is 280 g/mol. The molecule has 5 nitrogen and oxygen atoms in total. The zero-order valence-electron chi connectivity index (χ0n) is 12.7. The molecule has 0 heterocycles. The number of hydrogen-bond acceptors (Lipinski definition) is 4. The minimum absolute atomic E-state index is 0.0807. The van der Waals surface area contributed by atoms with Crippen molar-refractivity contribution in [3.05, 3.63) is 69.8 Å². The molecule has 0 radical (unpaired) electrons. The van der Waals surface area contributed by atoms with E-state index < -0.39 is 4.92 Å². The minimum atomic E-state index is -0.409. The summed E-state index contributed by atoms with van der Waals surface area (Å²) >= 11 is 0. The molecule has 0 N–H and O–H groups in total. The van der Waals surface area contributed by atoms with Crippen LogP contribution in [0.25, 0.3) is 0 Å². The van der Waals surface area contributed by atoms with Crippen LogP contribution in [0.1, 0.15) is 24.5 Å². The highest BCUT2D eigenvalue weighted by molar-refractivity contribution is 5.81. The second-order valence-electron chi connectivity index (χ2n) is 5.11. The third-order valence-electron chi connectivity index (χ3n) is 3.29. The summed E-state index contributed by atoms with van der Waals surface area (Å²) in [5, 5.41) is 14.8. The zero-order valence-corrected chi connectivity index (χ0v) is 12.7. The number of rotatable bonds is 6. The van der Waals surface area contributed by atoms with E-state index in [1.54, 1.807) is 19.1 Å². The lowest BCUT2D eigenvalue weighted by atomic mass is 10.1. The second-order valence-corrected chi connectivity index (χ2v) is 5.11. The summed E-state index contributed by atoms with van der Waals surface area (Å²) in [6.45, 7) is 3.58. The highest BCUT2D eigenvalue weighted by atomic mass is 16.6. The van der Waals surface area contributed by atoms with E-state index in [0.29, 0.717) is 11.3 Å². The molecule has 0 atom stereocenters. The maximum atomic E-state index is 10.8. The van der Waals surface area contributed by atoms with Crippen molar-refractivity contribution in [2.24, 2.45) is 5.16 Å². The van der Waals surface area contributed by atoms with Gasteiger partial charge < -0.3 is 4.84 Å². The SMILES string of the molecule is CC(CCc1ccccc1)=NOc1ccc([N+](=O)[O-])c(C)c1. The monoisotopic (exact) mass is 298 g/mol. The fourth-order valence-corrected chi connectivity index (χ4v) is 2.04. The van der Waals surface area contributed by atoms with Crippen molar-refractivity contribution in [1.82, 2.24) is 0 Å². The van der Waals surface area contributed by atoms with Crippen LogP contribution >= 0.6 is 0 Å². The van der Waals surface area contributed by atoms with E-state index in [2.05, 4.69) is 17.3 Å². The van der Waals surface area contributed by atoms with E-state index in [1.807, 2.05) is 25.1 Å². The molecule has 0 saturated heterocycles. The van der Waals surface area contributed by atoms with Crippen LogP contribution in [0.3, 0.4) is 0 Å². The zero-order chi connectivity index (χ0) is 15.9. The number of aryl methyl sites for hydroxylation is 2. The van der Waals surface area contributed by atoms with Gasteiger partial charge in [0.25, 0.3) is 5.69 Å². The second kappa shape index (κ2) is 7.36. The first-order valence-electron chi connectivity index (χ1n) is 7.05. The van der Waals surface area contributed by atoms with Crippen molar-refractivity contribution in [1.29, 1.82) is 0 Å². The van der Waals surface area contributed by atoms with E-state index in [9.17, 15) is 10.1 Å². The summed E-state index contributed by atoms with van der Waals surface area (Å²) in [7, 11) is 0. The van der Waals surface area contributed by atoms with Crippen molar-refractivity contribution >= 4 is 11.4 Å². The molecule has 114 valence electrons. The van der Waals surface area contributed by atoms with Gasteiger partial charge in [0.05, 0.1) is 10.6 Å². The molecule has 0 fully saturated rings. The van der Waals surface area contributed by atoms with Gasteiger partial charge in [0.2, 0.25) is 0 Å². The Bertz CT molecular complexity index is 682. The molecule has 0 aliphatic rings. The largest absolute Gasteiger partial charge is 0.357 e. The summed E-state index contributed by atoms with van der Waals surface area (Å²) in [5.41, 5.74) is 2.76. The molecule has 22 heavy (non-hydrogen) atoms. The molecule has 0 aliphatic carbocycles. The van der Waals surface area contributed by atoms with Gasteiger partial charge in [0.1, 0.15) is 0 Å². The fourth-order valence-electron chi connectivity index (χ4n) is 2.04. The fraction of sp³-hybridized carbons (Fsp3) is 0.235. The quantitative estimate of drug-likeness (QED) is 0.454. The van der Waals surface area contributed by atoms with Gasteiger partial charge >= 0.3 is 0 Å². The Morgan fingerprint density at radius 3 is 2.59 bits per heavy atom. The van der Waals surface area contributed by atoms with E-state index in [-0.39, 0.29) is 5.69 Å². The van der Waals surface area contributed by atoms with Crippen LogP contribution in [0.2, 0.25) is 0 Å². The summed E-state index contributed by atoms with van der Waals surface area (Å²) in [5.74, 6) is 0.502. The van der Waals surface area contributed by atoms with Gasteiger partial charge in [-0.2, -0.15) is 0 Å². The van der Waals surface area contributed by atoms with E-state index >= 15 is 0 Å². The number of benzene rings is 2. The average Bonchev–Trinajstić information content (AvgIpc) is 2.51. The molecule has 2 aromatic rings. The highest BCUT2D eigenvalue weighted by Gasteiger charge is 2.10. The van der Waals surface area contributed by atoms with Gasteiger partial charge in [-0.1, -0.05) is 35.5 Å². The van der Waals surface area contributed by atoms with Crippen LogP contribution in [-0.2, 0) is 6.42 Å². The van der Waals surface area contributed by atoms with Crippen molar-refractivity contribution in [3.8, 4) is 5.75 Å². The Morgan fingerprint density at radius 2 is 1.95 bits per heavy atom. The van der Waals surface area contributed by atoms with Crippen molar-refractivity contribution in [3.63, 3.8) is 0 Å². The first-order chi connectivity index (χ1) is 10.6. The Hall–Kier alpha value is -2.69. The number of hydrogen-bond donors (Lipinski definition) is 0. The lowest BCUT2D eigenvalue weighted by molar-refractivity contribution is -0.385. The molecule has 0 amide bonds. The minimum Gasteiger partial charge on any atom is -0.357 e. The lowest BCUT2D eigenvalue weighted by Gasteiger charge is -2.04. The third kappa shape index (κ3) is 4.41. The van der Waals surface area contributed by atoms with Crippen LogP contribution in [0.5, 0.6) is 5.75 Å². The summed E-state index contributed by atoms with van der Waals surface area (Å²) in [6, 6.07) is 14.8. The van der Waals surface area contributed by atoms with Crippen molar-refractivity contribution in [2.45, 2.75) is 26.7 Å². The standard InChI is InChI=1S/C17H18N2O3/c1-13-12-16(10-11-17(13)19(20)21)22-18-14(2)8-9-15-6-4-3-5-7-15/h3-7,10-12H,8-9H2,1-2H3. The van der Waals surface area contributed by atoms with Gasteiger partial charge in [-0.3, -0.25) is 10.1 Å². The average molecular weight is 298 g/mol. The Morgan fingerprint density at radius 1 is 1.23 bits per heavy atom. The van der Waals surface area contributed by atoms with Crippen LogP contribution in [0, 0.1) is 17.0 Å². The molecule has 0 aliphatic heterocycles. The Kier molecular flexibility index (Phi) is 5.25. The number of nitro groups is 1. The summed E-state index contributed by atoms with van der Waals surface area (Å²) < 4.78 is 0. The maximum Gasteiger partial charge on any atom is 0.272 e.